The van der Waals surface area contributed by atoms with Gasteiger partial charge < -0.3 is 4.90 Å². The van der Waals surface area contributed by atoms with Crippen molar-refractivity contribution in [2.24, 2.45) is 11.8 Å². The maximum Gasteiger partial charge on any atom is -0.00221 e. The van der Waals surface area contributed by atoms with Crippen LogP contribution in [0.25, 0.3) is 0 Å². The first-order valence-electron chi connectivity index (χ1n) is 8.11. The summed E-state index contributed by atoms with van der Waals surface area (Å²) in [4.78, 5) is 2.31. The fraction of sp³-hybridized carbons (Fsp3) is 0.778. The van der Waals surface area contributed by atoms with E-state index in [1.165, 1.54) is 57.9 Å². The number of allylic oxidation sites excluding steroid dienone is 4. The Kier molecular flexibility index (Phi) is 5.69. The van der Waals surface area contributed by atoms with Crippen molar-refractivity contribution in [3.05, 3.63) is 23.3 Å². The van der Waals surface area contributed by atoms with Crippen LogP contribution in [0.1, 0.15) is 58.3 Å². The van der Waals surface area contributed by atoms with Gasteiger partial charge in [-0.1, -0.05) is 23.3 Å². The first kappa shape index (κ1) is 14.8. The molecule has 0 spiro atoms. The van der Waals surface area contributed by atoms with Crippen LogP contribution in [0.15, 0.2) is 23.3 Å². The van der Waals surface area contributed by atoms with E-state index in [9.17, 15) is 0 Å². The number of hydrogen-bond acceptors (Lipinski definition) is 1. The van der Waals surface area contributed by atoms with Crippen LogP contribution in [-0.4, -0.2) is 25.5 Å². The lowest BCUT2D eigenvalue weighted by molar-refractivity contribution is 0.332. The predicted molar refractivity (Wildman–Crippen MR) is 84.3 cm³/mol. The summed E-state index contributed by atoms with van der Waals surface area (Å²) in [6, 6.07) is 0. The normalized spacial score (nSPS) is 27.6. The van der Waals surface area contributed by atoms with Gasteiger partial charge in [0, 0.05) is 0 Å². The largest absolute Gasteiger partial charge is 0.309 e. The molecular formula is C18H31N. The molecular weight excluding hydrogens is 230 g/mol. The molecule has 0 aromatic heterocycles. The lowest BCUT2D eigenvalue weighted by Gasteiger charge is -2.24. The van der Waals surface area contributed by atoms with Crippen molar-refractivity contribution >= 4 is 0 Å². The van der Waals surface area contributed by atoms with Crippen molar-refractivity contribution in [2.45, 2.75) is 58.3 Å². The lowest BCUT2D eigenvalue weighted by atomic mass is 9.84. The third-order valence-electron chi connectivity index (χ3n) is 4.88. The van der Waals surface area contributed by atoms with E-state index < -0.39 is 0 Å². The highest BCUT2D eigenvalue weighted by atomic mass is 15.0. The van der Waals surface area contributed by atoms with E-state index in [0.29, 0.717) is 0 Å². The minimum atomic E-state index is 0.946. The Morgan fingerprint density at radius 3 is 2.47 bits per heavy atom. The molecule has 19 heavy (non-hydrogen) atoms. The summed E-state index contributed by atoms with van der Waals surface area (Å²) in [5.74, 6) is 1.90. The molecule has 0 saturated carbocycles. The molecule has 2 unspecified atom stereocenters. The van der Waals surface area contributed by atoms with E-state index in [1.807, 2.05) is 0 Å². The van der Waals surface area contributed by atoms with Gasteiger partial charge in [-0.3, -0.25) is 0 Å². The molecule has 2 atom stereocenters. The highest BCUT2D eigenvalue weighted by Gasteiger charge is 2.17. The van der Waals surface area contributed by atoms with E-state index in [4.69, 9.17) is 0 Å². The average Bonchev–Trinajstić information content (AvgIpc) is 2.81. The molecule has 0 heterocycles. The van der Waals surface area contributed by atoms with E-state index in [1.54, 1.807) is 11.1 Å². The molecule has 0 N–H and O–H groups in total. The molecule has 1 heteroatoms. The van der Waals surface area contributed by atoms with Crippen molar-refractivity contribution in [2.75, 3.05) is 20.6 Å². The van der Waals surface area contributed by atoms with Gasteiger partial charge in [-0.05, 0) is 90.8 Å². The molecule has 0 radical (unpaired) electrons. The standard InChI is InChI=1S/C18H31N/c1-15-4-5-18(14-15)11-10-16-6-8-17(9-7-16)12-13-19(2)3/h4,6,17-18H,5,7-14H2,1-3H3. The maximum absolute atomic E-state index is 2.57. The molecule has 0 aliphatic heterocycles. The SMILES string of the molecule is CC1=CCC(CCC2=CCC(CCN(C)C)CC2)C1. The van der Waals surface area contributed by atoms with Gasteiger partial charge in [0.2, 0.25) is 0 Å². The summed E-state index contributed by atoms with van der Waals surface area (Å²) in [6.07, 6.45) is 16.0. The Morgan fingerprint density at radius 2 is 1.89 bits per heavy atom. The van der Waals surface area contributed by atoms with Crippen LogP contribution < -0.4 is 0 Å². The first-order chi connectivity index (χ1) is 9.13. The quantitative estimate of drug-likeness (QED) is 0.621. The van der Waals surface area contributed by atoms with Gasteiger partial charge in [-0.2, -0.15) is 0 Å². The zero-order valence-electron chi connectivity index (χ0n) is 13.1. The highest BCUT2D eigenvalue weighted by molar-refractivity contribution is 5.10. The van der Waals surface area contributed by atoms with E-state index in [2.05, 4.69) is 38.1 Å². The lowest BCUT2D eigenvalue weighted by Crippen LogP contribution is -2.17. The molecule has 0 amide bonds. The molecule has 2 aliphatic rings. The van der Waals surface area contributed by atoms with Gasteiger partial charge >= 0.3 is 0 Å². The van der Waals surface area contributed by atoms with Crippen LogP contribution in [0.2, 0.25) is 0 Å². The van der Waals surface area contributed by atoms with Gasteiger partial charge in [-0.15, -0.1) is 0 Å². The minimum Gasteiger partial charge on any atom is -0.309 e. The fourth-order valence-electron chi connectivity index (χ4n) is 3.47. The Morgan fingerprint density at radius 1 is 1.11 bits per heavy atom. The summed E-state index contributed by atoms with van der Waals surface area (Å²) in [7, 11) is 4.36. The number of hydrogen-bond donors (Lipinski definition) is 0. The molecule has 2 aliphatic carbocycles. The molecule has 0 aromatic rings. The van der Waals surface area contributed by atoms with Crippen LogP contribution >= 0.6 is 0 Å². The number of rotatable bonds is 6. The van der Waals surface area contributed by atoms with E-state index >= 15 is 0 Å². The Labute approximate surface area is 119 Å². The summed E-state index contributed by atoms with van der Waals surface area (Å²) >= 11 is 0. The molecule has 1 nitrogen and oxygen atoms in total. The highest BCUT2D eigenvalue weighted by Crippen LogP contribution is 2.33. The molecule has 0 aromatic carbocycles. The van der Waals surface area contributed by atoms with Gasteiger partial charge in [0.15, 0.2) is 0 Å². The molecule has 108 valence electrons. The molecule has 0 saturated heterocycles. The monoisotopic (exact) mass is 261 g/mol. The van der Waals surface area contributed by atoms with Crippen molar-refractivity contribution in [3.8, 4) is 0 Å². The molecule has 0 fully saturated rings. The van der Waals surface area contributed by atoms with Crippen LogP contribution in [0.4, 0.5) is 0 Å². The summed E-state index contributed by atoms with van der Waals surface area (Å²) in [6.45, 7) is 3.54. The second-order valence-corrected chi connectivity index (χ2v) is 6.99. The van der Waals surface area contributed by atoms with Crippen molar-refractivity contribution < 1.29 is 0 Å². The van der Waals surface area contributed by atoms with Gasteiger partial charge in [0.05, 0.1) is 0 Å². The Hall–Kier alpha value is -0.560. The zero-order chi connectivity index (χ0) is 13.7. The van der Waals surface area contributed by atoms with Gasteiger partial charge in [-0.25, -0.2) is 0 Å². The Bertz CT molecular complexity index is 338. The average molecular weight is 261 g/mol. The van der Waals surface area contributed by atoms with Gasteiger partial charge in [0.25, 0.3) is 0 Å². The van der Waals surface area contributed by atoms with Crippen molar-refractivity contribution in [1.29, 1.82) is 0 Å². The second kappa shape index (κ2) is 7.28. The fourth-order valence-corrected chi connectivity index (χ4v) is 3.47. The summed E-state index contributed by atoms with van der Waals surface area (Å²) in [5.41, 5.74) is 3.37. The molecule has 0 bridgehead atoms. The number of nitrogens with zero attached hydrogens (tertiary/aromatic N) is 1. The predicted octanol–water partition coefficient (Wildman–Crippen LogP) is 4.80. The second-order valence-electron chi connectivity index (χ2n) is 6.99. The van der Waals surface area contributed by atoms with Crippen LogP contribution in [0.5, 0.6) is 0 Å². The van der Waals surface area contributed by atoms with E-state index in [-0.39, 0.29) is 0 Å². The summed E-state index contributed by atoms with van der Waals surface area (Å²) in [5, 5.41) is 0. The van der Waals surface area contributed by atoms with Crippen LogP contribution in [-0.2, 0) is 0 Å². The smallest absolute Gasteiger partial charge is 0.00221 e. The first-order valence-corrected chi connectivity index (χ1v) is 8.11. The Balaban J connectivity index is 1.64. The van der Waals surface area contributed by atoms with Crippen molar-refractivity contribution in [1.82, 2.24) is 4.90 Å². The third-order valence-corrected chi connectivity index (χ3v) is 4.88. The zero-order valence-corrected chi connectivity index (χ0v) is 13.1. The summed E-state index contributed by atoms with van der Waals surface area (Å²) < 4.78 is 0. The topological polar surface area (TPSA) is 3.24 Å². The van der Waals surface area contributed by atoms with Crippen LogP contribution in [0.3, 0.4) is 0 Å². The van der Waals surface area contributed by atoms with E-state index in [0.717, 1.165) is 11.8 Å². The van der Waals surface area contributed by atoms with Gasteiger partial charge in [0.1, 0.15) is 0 Å². The maximum atomic E-state index is 2.57. The minimum absolute atomic E-state index is 0.946. The molecule has 2 rings (SSSR count). The third kappa shape index (κ3) is 5.14. The van der Waals surface area contributed by atoms with Crippen LogP contribution in [0, 0.1) is 11.8 Å². The van der Waals surface area contributed by atoms with Crippen molar-refractivity contribution in [3.63, 3.8) is 0 Å².